The van der Waals surface area contributed by atoms with E-state index < -0.39 is 5.97 Å². The van der Waals surface area contributed by atoms with E-state index in [4.69, 9.17) is 13.9 Å². The first-order valence-electron chi connectivity index (χ1n) is 9.14. The minimum atomic E-state index is -0.706. The fraction of sp³-hybridized carbons (Fsp3) is 0.381. The summed E-state index contributed by atoms with van der Waals surface area (Å²) in [4.78, 5) is 36.4. The lowest BCUT2D eigenvalue weighted by Crippen LogP contribution is -2.16. The van der Waals surface area contributed by atoms with Crippen LogP contribution in [0.25, 0.3) is 0 Å². The number of furan rings is 1. The minimum Gasteiger partial charge on any atom is -0.493 e. The van der Waals surface area contributed by atoms with Crippen LogP contribution in [-0.2, 0) is 9.53 Å². The monoisotopic (exact) mass is 387 g/mol. The molecule has 1 amide bonds. The zero-order valence-electron chi connectivity index (χ0n) is 16.6. The van der Waals surface area contributed by atoms with Gasteiger partial charge in [-0.3, -0.25) is 14.9 Å². The Balaban J connectivity index is 1.99. The summed E-state index contributed by atoms with van der Waals surface area (Å²) in [6.45, 7) is 7.01. The molecule has 7 heteroatoms. The number of nitrogens with one attached hydrogen (secondary N) is 1. The van der Waals surface area contributed by atoms with Crippen molar-refractivity contribution < 1.29 is 28.3 Å². The molecule has 1 N–H and O–H groups in total. The Morgan fingerprint density at radius 3 is 2.46 bits per heavy atom. The van der Waals surface area contributed by atoms with E-state index in [9.17, 15) is 14.4 Å². The molecule has 0 unspecified atom stereocenters. The highest BCUT2D eigenvalue weighted by Gasteiger charge is 2.28. The van der Waals surface area contributed by atoms with Gasteiger partial charge >= 0.3 is 5.97 Å². The Kier molecular flexibility index (Phi) is 7.37. The molecule has 0 spiro atoms. The molecule has 0 radical (unpaired) electrons. The van der Waals surface area contributed by atoms with Gasteiger partial charge in [0.25, 0.3) is 0 Å². The van der Waals surface area contributed by atoms with Crippen molar-refractivity contribution in [1.82, 2.24) is 0 Å². The van der Waals surface area contributed by atoms with Crippen molar-refractivity contribution in [3.63, 3.8) is 0 Å². The molecule has 1 heterocycles. The number of esters is 1. The molecule has 7 nitrogen and oxygen atoms in total. The largest absolute Gasteiger partial charge is 0.493 e. The van der Waals surface area contributed by atoms with E-state index in [1.807, 2.05) is 31.2 Å². The number of anilines is 1. The van der Waals surface area contributed by atoms with Crippen molar-refractivity contribution >= 4 is 23.5 Å². The predicted molar refractivity (Wildman–Crippen MR) is 104 cm³/mol. The lowest BCUT2D eigenvalue weighted by atomic mass is 10.1. The zero-order valence-corrected chi connectivity index (χ0v) is 16.6. The number of ketones is 1. The molecule has 28 heavy (non-hydrogen) atoms. The number of hydrogen-bond acceptors (Lipinski definition) is 6. The van der Waals surface area contributed by atoms with Crippen molar-refractivity contribution in [2.24, 2.45) is 0 Å². The van der Waals surface area contributed by atoms with E-state index in [-0.39, 0.29) is 47.5 Å². The maximum Gasteiger partial charge on any atom is 0.344 e. The maximum atomic E-state index is 12.3. The van der Waals surface area contributed by atoms with Crippen LogP contribution in [0.1, 0.15) is 58.7 Å². The van der Waals surface area contributed by atoms with Crippen molar-refractivity contribution in [2.45, 2.75) is 40.5 Å². The van der Waals surface area contributed by atoms with E-state index in [1.54, 1.807) is 13.8 Å². The Hall–Kier alpha value is -3.09. The van der Waals surface area contributed by atoms with Gasteiger partial charge in [0, 0.05) is 6.42 Å². The topological polar surface area (TPSA) is 94.8 Å². The number of ether oxygens (including phenoxy) is 2. The van der Waals surface area contributed by atoms with Crippen LogP contribution in [-0.4, -0.2) is 30.9 Å². The molecular weight excluding hydrogens is 362 g/mol. The van der Waals surface area contributed by atoms with Crippen LogP contribution >= 0.6 is 0 Å². The van der Waals surface area contributed by atoms with Gasteiger partial charge in [0.2, 0.25) is 11.8 Å². The standard InChI is InChI=1S/C21H25NO6/c1-5-26-21(25)19-18(14(3)23)15(4)28-20(19)22-17(24)11-8-12-27-16-10-7-6-9-13(16)2/h6-7,9-10H,5,8,11-12H2,1-4H3,(H,22,24). The average molecular weight is 387 g/mol. The molecule has 1 aromatic carbocycles. The predicted octanol–water partition coefficient (Wildman–Crippen LogP) is 4.07. The number of rotatable bonds is 9. The molecule has 0 fully saturated rings. The molecule has 2 aromatic rings. The molecule has 150 valence electrons. The zero-order chi connectivity index (χ0) is 20.7. The van der Waals surface area contributed by atoms with Gasteiger partial charge in [-0.25, -0.2) is 4.79 Å². The quantitative estimate of drug-likeness (QED) is 0.396. The summed E-state index contributed by atoms with van der Waals surface area (Å²) in [5, 5.41) is 2.56. The summed E-state index contributed by atoms with van der Waals surface area (Å²) < 4.78 is 16.1. The highest BCUT2D eigenvalue weighted by Crippen LogP contribution is 2.28. The first kappa shape index (κ1) is 21.2. The van der Waals surface area contributed by atoms with Crippen molar-refractivity contribution in [2.75, 3.05) is 18.5 Å². The van der Waals surface area contributed by atoms with E-state index >= 15 is 0 Å². The van der Waals surface area contributed by atoms with Crippen molar-refractivity contribution in [1.29, 1.82) is 0 Å². The highest BCUT2D eigenvalue weighted by molar-refractivity contribution is 6.10. The molecule has 2 rings (SSSR count). The summed E-state index contributed by atoms with van der Waals surface area (Å²) >= 11 is 0. The normalized spacial score (nSPS) is 10.4. The Bertz CT molecular complexity index is 868. The summed E-state index contributed by atoms with van der Waals surface area (Å²) in [7, 11) is 0. The number of amides is 1. The van der Waals surface area contributed by atoms with E-state index in [2.05, 4.69) is 5.32 Å². The fourth-order valence-corrected chi connectivity index (χ4v) is 2.78. The second-order valence-corrected chi connectivity index (χ2v) is 6.28. The third-order valence-corrected chi connectivity index (χ3v) is 4.07. The molecule has 0 aliphatic rings. The van der Waals surface area contributed by atoms with Crippen LogP contribution in [0.4, 0.5) is 5.88 Å². The van der Waals surface area contributed by atoms with Gasteiger partial charge in [-0.1, -0.05) is 18.2 Å². The first-order chi connectivity index (χ1) is 13.3. The minimum absolute atomic E-state index is 0.0450. The van der Waals surface area contributed by atoms with Gasteiger partial charge in [0.1, 0.15) is 17.1 Å². The number of para-hydroxylation sites is 1. The highest BCUT2D eigenvalue weighted by atomic mass is 16.5. The third-order valence-electron chi connectivity index (χ3n) is 4.07. The molecule has 0 bridgehead atoms. The number of benzene rings is 1. The smallest absolute Gasteiger partial charge is 0.344 e. The molecule has 1 aromatic heterocycles. The number of aryl methyl sites for hydroxylation is 2. The van der Waals surface area contributed by atoms with Crippen LogP contribution in [0.15, 0.2) is 28.7 Å². The Morgan fingerprint density at radius 2 is 1.82 bits per heavy atom. The summed E-state index contributed by atoms with van der Waals surface area (Å²) in [6, 6.07) is 7.63. The van der Waals surface area contributed by atoms with Crippen LogP contribution < -0.4 is 10.1 Å². The van der Waals surface area contributed by atoms with Crippen LogP contribution in [0, 0.1) is 13.8 Å². The summed E-state index contributed by atoms with van der Waals surface area (Å²) in [6.07, 6.45) is 0.650. The summed E-state index contributed by atoms with van der Waals surface area (Å²) in [5.41, 5.74) is 1.10. The van der Waals surface area contributed by atoms with Gasteiger partial charge in [0.05, 0.1) is 18.8 Å². The van der Waals surface area contributed by atoms with Gasteiger partial charge in [-0.2, -0.15) is 0 Å². The fourth-order valence-electron chi connectivity index (χ4n) is 2.78. The van der Waals surface area contributed by atoms with Crippen LogP contribution in [0.3, 0.4) is 0 Å². The van der Waals surface area contributed by atoms with E-state index in [0.717, 1.165) is 11.3 Å². The van der Waals surface area contributed by atoms with E-state index in [0.29, 0.717) is 13.0 Å². The Labute approximate surface area is 164 Å². The number of carbonyl (C=O) groups is 3. The number of Topliss-reactive ketones (excluding diaryl/α,β-unsaturated/α-hetero) is 1. The maximum absolute atomic E-state index is 12.3. The summed E-state index contributed by atoms with van der Waals surface area (Å²) in [5.74, 6) is -0.415. The second-order valence-electron chi connectivity index (χ2n) is 6.28. The molecule has 0 saturated heterocycles. The van der Waals surface area contributed by atoms with Crippen LogP contribution in [0.2, 0.25) is 0 Å². The lowest BCUT2D eigenvalue weighted by molar-refractivity contribution is -0.116. The van der Waals surface area contributed by atoms with E-state index in [1.165, 1.54) is 6.92 Å². The molecule has 0 saturated carbocycles. The average Bonchev–Trinajstić information content (AvgIpc) is 2.96. The van der Waals surface area contributed by atoms with Gasteiger partial charge in [-0.15, -0.1) is 0 Å². The molecule has 0 aliphatic heterocycles. The van der Waals surface area contributed by atoms with Gasteiger partial charge < -0.3 is 13.9 Å². The Morgan fingerprint density at radius 1 is 1.11 bits per heavy atom. The second kappa shape index (κ2) is 9.73. The molecule has 0 atom stereocenters. The number of carbonyl (C=O) groups excluding carboxylic acids is 3. The third kappa shape index (κ3) is 5.22. The lowest BCUT2D eigenvalue weighted by Gasteiger charge is -2.09. The molecule has 0 aliphatic carbocycles. The van der Waals surface area contributed by atoms with Gasteiger partial charge in [-0.05, 0) is 45.7 Å². The molecular formula is C21H25NO6. The first-order valence-corrected chi connectivity index (χ1v) is 9.14. The van der Waals surface area contributed by atoms with Gasteiger partial charge in [0.15, 0.2) is 5.78 Å². The SMILES string of the molecule is CCOC(=O)c1c(NC(=O)CCCOc2ccccc2C)oc(C)c1C(C)=O. The van der Waals surface area contributed by atoms with Crippen LogP contribution in [0.5, 0.6) is 5.75 Å². The van der Waals surface area contributed by atoms with Crippen molar-refractivity contribution in [3.05, 3.63) is 46.7 Å². The number of hydrogen-bond donors (Lipinski definition) is 1. The van der Waals surface area contributed by atoms with Crippen molar-refractivity contribution in [3.8, 4) is 5.75 Å².